The van der Waals surface area contributed by atoms with Crippen LogP contribution in [0.2, 0.25) is 0 Å². The Balaban J connectivity index is 1.63. The van der Waals surface area contributed by atoms with E-state index in [9.17, 15) is 18.8 Å². The maximum atomic E-state index is 14.2. The van der Waals surface area contributed by atoms with Gasteiger partial charge in [-0.1, -0.05) is 24.3 Å². The van der Waals surface area contributed by atoms with Crippen molar-refractivity contribution in [3.8, 4) is 17.2 Å². The maximum absolute atomic E-state index is 14.2. The van der Waals surface area contributed by atoms with Crippen LogP contribution >= 0.6 is 0 Å². The van der Waals surface area contributed by atoms with Crippen molar-refractivity contribution in [3.63, 3.8) is 0 Å². The van der Waals surface area contributed by atoms with E-state index in [1.54, 1.807) is 11.0 Å². The van der Waals surface area contributed by atoms with Gasteiger partial charge in [-0.15, -0.1) is 0 Å². The van der Waals surface area contributed by atoms with Gasteiger partial charge in [0.2, 0.25) is 0 Å². The first-order chi connectivity index (χ1) is 16.7. The normalized spacial score (nSPS) is 27.7. The first kappa shape index (κ1) is 23.4. The van der Waals surface area contributed by atoms with Crippen molar-refractivity contribution >= 4 is 11.9 Å². The van der Waals surface area contributed by atoms with Gasteiger partial charge in [0, 0.05) is 11.5 Å². The van der Waals surface area contributed by atoms with E-state index in [-0.39, 0.29) is 17.9 Å². The summed E-state index contributed by atoms with van der Waals surface area (Å²) in [4.78, 5) is 20.6. The number of carbonyl (C=O) groups excluding carboxylic acids is 1. The highest BCUT2D eigenvalue weighted by molar-refractivity contribution is 6.08. The number of aliphatic imine (C=N–C) groups is 1. The Hall–Kier alpha value is -3.31. The van der Waals surface area contributed by atoms with E-state index in [1.807, 2.05) is 50.2 Å². The summed E-state index contributed by atoms with van der Waals surface area (Å²) in [7, 11) is 0. The number of hydrogen-bond donors (Lipinski definition) is 1. The second kappa shape index (κ2) is 8.42. The molecule has 0 radical (unpaired) electrons. The van der Waals surface area contributed by atoms with Gasteiger partial charge in [-0.25, -0.2) is 4.99 Å². The van der Waals surface area contributed by atoms with E-state index in [0.29, 0.717) is 37.7 Å². The molecule has 1 amide bonds. The van der Waals surface area contributed by atoms with Gasteiger partial charge >= 0.3 is 6.61 Å². The number of amides is 1. The van der Waals surface area contributed by atoms with Crippen LogP contribution in [0, 0.1) is 16.7 Å². The number of ether oxygens (including phenoxy) is 1. The van der Waals surface area contributed by atoms with Gasteiger partial charge in [0.05, 0.1) is 17.7 Å². The number of rotatable bonds is 4. The smallest absolute Gasteiger partial charge is 0.345 e. The number of hydrogen-bond acceptors (Lipinski definition) is 5. The lowest BCUT2D eigenvalue weighted by atomic mass is 9.61. The summed E-state index contributed by atoms with van der Waals surface area (Å²) >= 11 is 0. The zero-order chi connectivity index (χ0) is 25.0. The monoisotopic (exact) mass is 478 g/mol. The minimum absolute atomic E-state index is 0.153. The minimum Gasteiger partial charge on any atom is -0.369 e. The molecule has 1 atom stereocenters. The second-order valence-electron chi connectivity index (χ2n) is 10.1. The van der Waals surface area contributed by atoms with Crippen molar-refractivity contribution in [2.45, 2.75) is 70.2 Å². The molecule has 0 bridgehead atoms. The highest BCUT2D eigenvalue weighted by atomic mass is 19.3. The quantitative estimate of drug-likeness (QED) is 0.689. The van der Waals surface area contributed by atoms with E-state index in [0.717, 1.165) is 22.3 Å². The largest absolute Gasteiger partial charge is 0.369 e. The van der Waals surface area contributed by atoms with Crippen LogP contribution in [0.4, 0.5) is 8.78 Å². The molecule has 2 N–H and O–H groups in total. The zero-order valence-corrected chi connectivity index (χ0v) is 19.8. The van der Waals surface area contributed by atoms with Gasteiger partial charge in [-0.2, -0.15) is 14.0 Å². The molecule has 35 heavy (non-hydrogen) atoms. The molecular formula is C27H28F2N4O2. The number of nitriles is 1. The van der Waals surface area contributed by atoms with E-state index >= 15 is 0 Å². The Morgan fingerprint density at radius 2 is 1.89 bits per heavy atom. The van der Waals surface area contributed by atoms with E-state index < -0.39 is 23.7 Å². The molecule has 182 valence electrons. The molecule has 1 aliphatic heterocycles. The summed E-state index contributed by atoms with van der Waals surface area (Å²) in [6.07, 6.45) is 2.02. The Morgan fingerprint density at radius 3 is 2.51 bits per heavy atom. The Bertz CT molecular complexity index is 1240. The van der Waals surface area contributed by atoms with Crippen LogP contribution in [0.3, 0.4) is 0 Å². The van der Waals surface area contributed by atoms with Crippen molar-refractivity contribution in [1.82, 2.24) is 4.90 Å². The lowest BCUT2D eigenvalue weighted by Gasteiger charge is -2.45. The molecule has 0 aromatic heterocycles. The van der Waals surface area contributed by atoms with Gasteiger partial charge in [-0.3, -0.25) is 9.69 Å². The molecule has 5 rings (SSSR count). The molecule has 3 aliphatic rings. The number of nitrogens with two attached hydrogens (primary N) is 1. The number of benzene rings is 2. The SMILES string of the molecule is CC(C)N1C(=O)C2(N=C1N)c1cc(-c3cccc(C#N)c3)ccc1CC21CCC(OC(F)F)CC1. The molecule has 1 fully saturated rings. The number of guanidine groups is 1. The fraction of sp³-hybridized carbons (Fsp3) is 0.444. The van der Waals surface area contributed by atoms with Gasteiger partial charge in [-0.05, 0) is 86.4 Å². The van der Waals surface area contributed by atoms with Crippen LogP contribution in [-0.4, -0.2) is 35.5 Å². The van der Waals surface area contributed by atoms with Gasteiger partial charge in [0.15, 0.2) is 11.5 Å². The molecule has 2 aliphatic carbocycles. The molecule has 2 spiro atoms. The summed E-state index contributed by atoms with van der Waals surface area (Å²) in [5.74, 6) is 0.0416. The number of alkyl halides is 2. The highest BCUT2D eigenvalue weighted by Gasteiger charge is 2.67. The molecular weight excluding hydrogens is 450 g/mol. The van der Waals surface area contributed by atoms with Crippen LogP contribution < -0.4 is 5.73 Å². The third-order valence-corrected chi connectivity index (χ3v) is 7.88. The topological polar surface area (TPSA) is 91.7 Å². The Labute approximate surface area is 203 Å². The van der Waals surface area contributed by atoms with E-state index in [2.05, 4.69) is 6.07 Å². The summed E-state index contributed by atoms with van der Waals surface area (Å²) in [6, 6.07) is 15.4. The predicted molar refractivity (Wildman–Crippen MR) is 127 cm³/mol. The predicted octanol–water partition coefficient (Wildman–Crippen LogP) is 4.71. The number of fused-ring (bicyclic) bond motifs is 3. The molecule has 1 saturated carbocycles. The number of nitrogens with zero attached hydrogens (tertiary/aromatic N) is 3. The molecule has 0 saturated heterocycles. The Morgan fingerprint density at radius 1 is 1.17 bits per heavy atom. The Kier molecular flexibility index (Phi) is 5.64. The lowest BCUT2D eigenvalue weighted by molar-refractivity contribution is -0.179. The van der Waals surface area contributed by atoms with Crippen LogP contribution in [0.15, 0.2) is 47.5 Å². The fourth-order valence-corrected chi connectivity index (χ4v) is 6.33. The van der Waals surface area contributed by atoms with Crippen molar-refractivity contribution < 1.29 is 18.3 Å². The fourth-order valence-electron chi connectivity index (χ4n) is 6.33. The number of carbonyl (C=O) groups is 1. The highest BCUT2D eigenvalue weighted by Crippen LogP contribution is 2.62. The standard InChI is InChI=1S/C27H28F2N4O2/c1-16(2)33-23(34)27(32-25(33)31)22-13-19(18-5-3-4-17(12-18)15-30)6-7-20(22)14-26(27)10-8-21(9-11-26)35-24(28)29/h3-7,12-13,16,21,24H,8-11,14H2,1-2H3,(H2,31,32). The van der Waals surface area contributed by atoms with Crippen molar-refractivity contribution in [1.29, 1.82) is 5.26 Å². The minimum atomic E-state index is -2.81. The molecule has 8 heteroatoms. The molecule has 1 unspecified atom stereocenters. The molecule has 6 nitrogen and oxygen atoms in total. The maximum Gasteiger partial charge on any atom is 0.345 e. The van der Waals surface area contributed by atoms with Crippen LogP contribution in [0.25, 0.3) is 11.1 Å². The van der Waals surface area contributed by atoms with Crippen LogP contribution in [0.5, 0.6) is 0 Å². The molecule has 2 aromatic rings. The molecule has 2 aromatic carbocycles. The first-order valence-corrected chi connectivity index (χ1v) is 12.0. The van der Waals surface area contributed by atoms with Gasteiger partial charge in [0.25, 0.3) is 5.91 Å². The van der Waals surface area contributed by atoms with Crippen LogP contribution in [-0.2, 0) is 21.5 Å². The van der Waals surface area contributed by atoms with Gasteiger partial charge in [0.1, 0.15) is 0 Å². The zero-order valence-electron chi connectivity index (χ0n) is 19.8. The summed E-state index contributed by atoms with van der Waals surface area (Å²) < 4.78 is 30.6. The second-order valence-corrected chi connectivity index (χ2v) is 10.1. The lowest BCUT2D eigenvalue weighted by Crippen LogP contribution is -2.53. The average molecular weight is 479 g/mol. The number of halogens is 2. The van der Waals surface area contributed by atoms with Crippen molar-refractivity contribution in [2.75, 3.05) is 0 Å². The van der Waals surface area contributed by atoms with E-state index in [4.69, 9.17) is 15.5 Å². The molecule has 1 heterocycles. The summed E-state index contributed by atoms with van der Waals surface area (Å²) in [6.45, 7) is 0.992. The van der Waals surface area contributed by atoms with Gasteiger partial charge < -0.3 is 10.5 Å². The third-order valence-electron chi connectivity index (χ3n) is 7.88. The average Bonchev–Trinajstić information content (AvgIpc) is 3.25. The first-order valence-electron chi connectivity index (χ1n) is 12.0. The van der Waals surface area contributed by atoms with E-state index in [1.165, 1.54) is 0 Å². The summed E-state index contributed by atoms with van der Waals surface area (Å²) in [5, 5.41) is 9.33. The van der Waals surface area contributed by atoms with Crippen molar-refractivity contribution in [3.05, 3.63) is 59.2 Å². The van der Waals surface area contributed by atoms with Crippen molar-refractivity contribution in [2.24, 2.45) is 16.1 Å². The van der Waals surface area contributed by atoms with Crippen LogP contribution in [0.1, 0.15) is 56.2 Å². The summed E-state index contributed by atoms with van der Waals surface area (Å²) in [5.41, 5.74) is 8.75. The third kappa shape index (κ3) is 3.52.